The number of methoxy groups -OCH3 is 2. The molecule has 1 atom stereocenters. The minimum Gasteiger partial charge on any atom is -0.353 e. The van der Waals surface area contributed by atoms with E-state index in [9.17, 15) is 0 Å². The van der Waals surface area contributed by atoms with Gasteiger partial charge in [0.1, 0.15) is 0 Å². The van der Waals surface area contributed by atoms with Crippen LogP contribution >= 0.6 is 0 Å². The molecule has 0 unspecified atom stereocenters. The summed E-state index contributed by atoms with van der Waals surface area (Å²) in [6.45, 7) is 2.29. The normalized spacial score (nSPS) is 22.9. The molecule has 0 N–H and O–H groups in total. The van der Waals surface area contributed by atoms with Gasteiger partial charge in [-0.3, -0.25) is 0 Å². The second-order valence-electron chi connectivity index (χ2n) is 7.13. The molecule has 0 bridgehead atoms. The largest absolute Gasteiger partial charge is 0.353 e. The maximum absolute atomic E-state index is 6.14. The topological polar surface area (TPSA) is 18.5 Å². The van der Waals surface area contributed by atoms with Crippen LogP contribution in [0.5, 0.6) is 0 Å². The van der Waals surface area contributed by atoms with E-state index in [4.69, 9.17) is 9.47 Å². The predicted molar refractivity (Wildman–Crippen MR) is 103 cm³/mol. The molecule has 0 spiro atoms. The van der Waals surface area contributed by atoms with E-state index >= 15 is 0 Å². The summed E-state index contributed by atoms with van der Waals surface area (Å²) in [4.78, 5) is 0. The molecule has 0 radical (unpaired) electrons. The van der Waals surface area contributed by atoms with E-state index in [-0.39, 0.29) is 11.3 Å². The Morgan fingerprint density at radius 3 is 1.72 bits per heavy atom. The number of hydrogen-bond donors (Lipinski definition) is 0. The first-order valence-electron chi connectivity index (χ1n) is 9.43. The molecule has 3 rings (SSSR count). The van der Waals surface area contributed by atoms with E-state index in [1.54, 1.807) is 0 Å². The molecule has 134 valence electrons. The molecule has 1 saturated carbocycles. The molecule has 0 aromatic heterocycles. The van der Waals surface area contributed by atoms with Crippen LogP contribution in [0.2, 0.25) is 0 Å². The average molecular weight is 338 g/mol. The summed E-state index contributed by atoms with van der Waals surface area (Å²) in [5.41, 5.74) is 2.60. The molecule has 2 aromatic carbocycles. The van der Waals surface area contributed by atoms with Crippen LogP contribution in [-0.4, -0.2) is 20.0 Å². The monoisotopic (exact) mass is 338 g/mol. The Kier molecular flexibility index (Phi) is 5.61. The molecule has 0 aliphatic heterocycles. The average Bonchev–Trinajstić information content (AvgIpc) is 2.70. The zero-order valence-electron chi connectivity index (χ0n) is 15.7. The Bertz CT molecular complexity index is 609. The van der Waals surface area contributed by atoms with E-state index in [1.165, 1.54) is 17.5 Å². The molecule has 1 aliphatic carbocycles. The number of benzene rings is 2. The van der Waals surface area contributed by atoms with Gasteiger partial charge in [-0.25, -0.2) is 0 Å². The highest BCUT2D eigenvalue weighted by molar-refractivity contribution is 5.36. The Balaban J connectivity index is 2.22. The van der Waals surface area contributed by atoms with Crippen molar-refractivity contribution < 1.29 is 9.47 Å². The molecule has 0 amide bonds. The lowest BCUT2D eigenvalue weighted by atomic mass is 9.57. The minimum absolute atomic E-state index is 0.0859. The number of hydrogen-bond acceptors (Lipinski definition) is 2. The van der Waals surface area contributed by atoms with Crippen molar-refractivity contribution in [3.05, 3.63) is 71.8 Å². The van der Waals surface area contributed by atoms with Crippen molar-refractivity contribution in [2.24, 2.45) is 5.41 Å². The van der Waals surface area contributed by atoms with Crippen LogP contribution in [-0.2, 0) is 9.47 Å². The summed E-state index contributed by atoms with van der Waals surface area (Å²) in [6.07, 6.45) is 5.45. The highest BCUT2D eigenvalue weighted by Crippen LogP contribution is 2.59. The Hall–Kier alpha value is -1.64. The van der Waals surface area contributed by atoms with E-state index in [1.807, 2.05) is 14.2 Å². The van der Waals surface area contributed by atoms with Gasteiger partial charge in [0.2, 0.25) is 0 Å². The first kappa shape index (κ1) is 18.2. The predicted octanol–water partition coefficient (Wildman–Crippen LogP) is 5.78. The van der Waals surface area contributed by atoms with Crippen LogP contribution < -0.4 is 0 Å². The molecular weight excluding hydrogens is 308 g/mol. The van der Waals surface area contributed by atoms with Crippen LogP contribution in [0.3, 0.4) is 0 Å². The van der Waals surface area contributed by atoms with Gasteiger partial charge >= 0.3 is 0 Å². The lowest BCUT2D eigenvalue weighted by Gasteiger charge is -2.55. The first-order chi connectivity index (χ1) is 12.2. The maximum Gasteiger partial charge on any atom is 0.174 e. The molecule has 2 aromatic rings. The van der Waals surface area contributed by atoms with E-state index in [0.29, 0.717) is 0 Å². The first-order valence-corrected chi connectivity index (χ1v) is 9.43. The Morgan fingerprint density at radius 2 is 1.28 bits per heavy atom. The van der Waals surface area contributed by atoms with Crippen molar-refractivity contribution in [3.8, 4) is 0 Å². The summed E-state index contributed by atoms with van der Waals surface area (Å²) in [5, 5.41) is 0. The SMILES string of the molecule is CC[C@]1(C(c2ccccc2)c2ccccc2)CCCCC1(OC)OC. The fraction of sp³-hybridized carbons (Fsp3) is 0.478. The van der Waals surface area contributed by atoms with E-state index < -0.39 is 5.79 Å². The molecular formula is C23H30O2. The van der Waals surface area contributed by atoms with E-state index in [2.05, 4.69) is 67.6 Å². The maximum atomic E-state index is 6.14. The summed E-state index contributed by atoms with van der Waals surface area (Å²) in [6, 6.07) is 21.7. The summed E-state index contributed by atoms with van der Waals surface area (Å²) < 4.78 is 12.3. The molecule has 1 aliphatic rings. The van der Waals surface area contributed by atoms with Crippen molar-refractivity contribution in [3.63, 3.8) is 0 Å². The highest BCUT2D eigenvalue weighted by Gasteiger charge is 2.57. The smallest absolute Gasteiger partial charge is 0.174 e. The summed E-state index contributed by atoms with van der Waals surface area (Å²) in [5.74, 6) is -0.295. The Labute approximate surface area is 152 Å². The van der Waals surface area contributed by atoms with Gasteiger partial charge in [-0.05, 0) is 30.4 Å². The van der Waals surface area contributed by atoms with Gasteiger partial charge in [0, 0.05) is 32.0 Å². The third-order valence-corrected chi connectivity index (χ3v) is 6.25. The van der Waals surface area contributed by atoms with Crippen molar-refractivity contribution in [1.82, 2.24) is 0 Å². The zero-order valence-corrected chi connectivity index (χ0v) is 15.7. The Morgan fingerprint density at radius 1 is 0.800 bits per heavy atom. The zero-order chi connectivity index (χ0) is 17.8. The van der Waals surface area contributed by atoms with E-state index in [0.717, 1.165) is 25.7 Å². The lowest BCUT2D eigenvalue weighted by Crippen LogP contribution is -2.56. The molecule has 25 heavy (non-hydrogen) atoms. The minimum atomic E-state index is -0.545. The third kappa shape index (κ3) is 3.02. The standard InChI is InChI=1S/C23H30O2/c1-4-22(17-11-12-18-23(22,24-2)25-3)21(19-13-7-5-8-14-19)20-15-9-6-10-16-20/h5-10,13-16,21H,4,11-12,17-18H2,1-3H3/t22-/m1/s1. The highest BCUT2D eigenvalue weighted by atomic mass is 16.7. The van der Waals surface area contributed by atoms with Gasteiger partial charge in [0.05, 0.1) is 0 Å². The third-order valence-electron chi connectivity index (χ3n) is 6.25. The van der Waals surface area contributed by atoms with Crippen LogP contribution in [0, 0.1) is 5.41 Å². The van der Waals surface area contributed by atoms with Crippen molar-refractivity contribution >= 4 is 0 Å². The summed E-state index contributed by atoms with van der Waals surface area (Å²) in [7, 11) is 3.62. The molecule has 0 saturated heterocycles. The summed E-state index contributed by atoms with van der Waals surface area (Å²) >= 11 is 0. The van der Waals surface area contributed by atoms with Crippen LogP contribution in [0.25, 0.3) is 0 Å². The van der Waals surface area contributed by atoms with Crippen LogP contribution in [0.1, 0.15) is 56.1 Å². The van der Waals surface area contributed by atoms with Crippen molar-refractivity contribution in [1.29, 1.82) is 0 Å². The van der Waals surface area contributed by atoms with Gasteiger partial charge in [0.25, 0.3) is 0 Å². The van der Waals surface area contributed by atoms with Crippen molar-refractivity contribution in [2.45, 2.75) is 50.7 Å². The second-order valence-corrected chi connectivity index (χ2v) is 7.13. The fourth-order valence-electron chi connectivity index (χ4n) is 5.07. The van der Waals surface area contributed by atoms with Crippen LogP contribution in [0.4, 0.5) is 0 Å². The van der Waals surface area contributed by atoms with Gasteiger partial charge in [0.15, 0.2) is 5.79 Å². The van der Waals surface area contributed by atoms with Gasteiger partial charge in [-0.2, -0.15) is 0 Å². The number of ether oxygens (including phenoxy) is 2. The van der Waals surface area contributed by atoms with Crippen LogP contribution in [0.15, 0.2) is 60.7 Å². The number of rotatable bonds is 6. The second kappa shape index (κ2) is 7.72. The molecule has 0 heterocycles. The quantitative estimate of drug-likeness (QED) is 0.622. The lowest BCUT2D eigenvalue weighted by molar-refractivity contribution is -0.297. The van der Waals surface area contributed by atoms with Gasteiger partial charge in [-0.1, -0.05) is 74.0 Å². The molecule has 1 fully saturated rings. The molecule has 2 nitrogen and oxygen atoms in total. The van der Waals surface area contributed by atoms with Gasteiger partial charge < -0.3 is 9.47 Å². The van der Waals surface area contributed by atoms with Crippen molar-refractivity contribution in [2.75, 3.05) is 14.2 Å². The van der Waals surface area contributed by atoms with Gasteiger partial charge in [-0.15, -0.1) is 0 Å². The molecule has 2 heteroatoms. The fourth-order valence-corrected chi connectivity index (χ4v) is 5.07.